The Morgan fingerprint density at radius 3 is 2.55 bits per heavy atom. The van der Waals surface area contributed by atoms with E-state index in [9.17, 15) is 9.59 Å². The van der Waals surface area contributed by atoms with Gasteiger partial charge in [-0.25, -0.2) is 0 Å². The van der Waals surface area contributed by atoms with Gasteiger partial charge in [-0.15, -0.1) is 0 Å². The first-order chi connectivity index (χ1) is 9.45. The van der Waals surface area contributed by atoms with Crippen molar-refractivity contribution >= 4 is 39.1 Å². The maximum absolute atomic E-state index is 11.8. The lowest BCUT2D eigenvalue weighted by atomic mass is 10.1. The predicted molar refractivity (Wildman–Crippen MR) is 84.2 cm³/mol. The molecule has 1 fully saturated rings. The number of benzene rings is 1. The van der Waals surface area contributed by atoms with Gasteiger partial charge < -0.3 is 10.2 Å². The second-order valence-corrected chi connectivity index (χ2v) is 6.79. The lowest BCUT2D eigenvalue weighted by Gasteiger charge is -2.16. The molecule has 1 unspecified atom stereocenters. The van der Waals surface area contributed by atoms with Crippen LogP contribution in [0.3, 0.4) is 0 Å². The molecule has 0 saturated carbocycles. The number of anilines is 2. The third kappa shape index (κ3) is 3.82. The topological polar surface area (TPSA) is 49.4 Å². The summed E-state index contributed by atoms with van der Waals surface area (Å²) < 4.78 is 0. The zero-order valence-electron chi connectivity index (χ0n) is 11.7. The van der Waals surface area contributed by atoms with E-state index in [1.165, 1.54) is 0 Å². The Kier molecular flexibility index (Phi) is 4.81. The van der Waals surface area contributed by atoms with E-state index < -0.39 is 0 Å². The number of hydrogen-bond donors (Lipinski definition) is 1. The van der Waals surface area contributed by atoms with Gasteiger partial charge >= 0.3 is 0 Å². The molecule has 1 aromatic carbocycles. The lowest BCUT2D eigenvalue weighted by Crippen LogP contribution is -2.24. The highest BCUT2D eigenvalue weighted by Gasteiger charge is 2.28. The minimum atomic E-state index is 0.0190. The maximum atomic E-state index is 11.8. The van der Waals surface area contributed by atoms with Crippen LogP contribution in [0.1, 0.15) is 26.7 Å². The summed E-state index contributed by atoms with van der Waals surface area (Å²) in [7, 11) is 0. The van der Waals surface area contributed by atoms with Gasteiger partial charge in [-0.3, -0.25) is 9.59 Å². The fourth-order valence-corrected chi connectivity index (χ4v) is 2.79. The fourth-order valence-electron chi connectivity index (χ4n) is 2.22. The average molecular weight is 339 g/mol. The van der Waals surface area contributed by atoms with Crippen molar-refractivity contribution in [1.29, 1.82) is 0 Å². The summed E-state index contributed by atoms with van der Waals surface area (Å²) in [6, 6.07) is 7.41. The molecule has 2 rings (SSSR count). The van der Waals surface area contributed by atoms with Crippen LogP contribution >= 0.6 is 15.9 Å². The van der Waals surface area contributed by atoms with Crippen molar-refractivity contribution in [2.24, 2.45) is 5.92 Å². The molecule has 20 heavy (non-hydrogen) atoms. The normalized spacial score (nSPS) is 18.7. The van der Waals surface area contributed by atoms with Crippen LogP contribution in [0, 0.1) is 5.92 Å². The van der Waals surface area contributed by atoms with E-state index in [0.717, 1.165) is 11.4 Å². The van der Waals surface area contributed by atoms with Gasteiger partial charge in [0.2, 0.25) is 11.8 Å². The van der Waals surface area contributed by atoms with Gasteiger partial charge in [0.05, 0.1) is 0 Å². The first-order valence-electron chi connectivity index (χ1n) is 6.80. The molecule has 1 aliphatic rings. The Morgan fingerprint density at radius 1 is 1.40 bits per heavy atom. The van der Waals surface area contributed by atoms with Crippen LogP contribution in [0.15, 0.2) is 24.3 Å². The molecular weight excluding hydrogens is 320 g/mol. The molecule has 108 valence electrons. The second kappa shape index (κ2) is 6.39. The van der Waals surface area contributed by atoms with Gasteiger partial charge in [0.1, 0.15) is 0 Å². The van der Waals surface area contributed by atoms with Crippen molar-refractivity contribution in [3.05, 3.63) is 24.3 Å². The Bertz CT molecular complexity index is 499. The summed E-state index contributed by atoms with van der Waals surface area (Å²) >= 11 is 3.47. The van der Waals surface area contributed by atoms with Crippen molar-refractivity contribution in [2.75, 3.05) is 16.8 Å². The Balaban J connectivity index is 2.00. The van der Waals surface area contributed by atoms with E-state index in [1.54, 1.807) is 4.90 Å². The molecule has 0 aliphatic carbocycles. The molecule has 1 heterocycles. The number of rotatable bonds is 4. The standard InChI is InChI=1S/C15H19BrN2O2/c1-10(2)7-14(19)17-12-3-5-13(6-4-12)18-9-11(16)8-15(18)20/h3-6,10-11H,7-9H2,1-2H3,(H,17,19). The highest BCUT2D eigenvalue weighted by molar-refractivity contribution is 9.09. The van der Waals surface area contributed by atoms with E-state index in [1.807, 2.05) is 38.1 Å². The van der Waals surface area contributed by atoms with Gasteiger partial charge in [-0.05, 0) is 30.2 Å². The molecule has 0 spiro atoms. The number of nitrogens with zero attached hydrogens (tertiary/aromatic N) is 1. The third-order valence-corrected chi connectivity index (χ3v) is 3.75. The second-order valence-electron chi connectivity index (χ2n) is 5.50. The average Bonchev–Trinajstić information content (AvgIpc) is 2.68. The summed E-state index contributed by atoms with van der Waals surface area (Å²) in [6.07, 6.45) is 1.05. The Labute approximate surface area is 127 Å². The van der Waals surface area contributed by atoms with Gasteiger partial charge in [0.25, 0.3) is 0 Å². The minimum Gasteiger partial charge on any atom is -0.326 e. The minimum absolute atomic E-state index is 0.0190. The van der Waals surface area contributed by atoms with Crippen molar-refractivity contribution < 1.29 is 9.59 Å². The zero-order valence-corrected chi connectivity index (χ0v) is 13.3. The molecule has 1 N–H and O–H groups in total. The summed E-state index contributed by atoms with van der Waals surface area (Å²) in [6.45, 7) is 4.72. The van der Waals surface area contributed by atoms with Crippen LogP contribution in [0.4, 0.5) is 11.4 Å². The molecule has 1 aromatic rings. The summed E-state index contributed by atoms with van der Waals surface area (Å²) in [5.74, 6) is 0.487. The monoisotopic (exact) mass is 338 g/mol. The lowest BCUT2D eigenvalue weighted by molar-refractivity contribution is -0.117. The largest absolute Gasteiger partial charge is 0.326 e. The molecule has 1 aliphatic heterocycles. The van der Waals surface area contributed by atoms with Crippen molar-refractivity contribution in [3.63, 3.8) is 0 Å². The van der Waals surface area contributed by atoms with Crippen LogP contribution in [-0.4, -0.2) is 23.2 Å². The Hall–Kier alpha value is -1.36. The van der Waals surface area contributed by atoms with Crippen LogP contribution in [0.5, 0.6) is 0 Å². The van der Waals surface area contributed by atoms with E-state index in [2.05, 4.69) is 21.2 Å². The predicted octanol–water partition coefficient (Wildman–Crippen LogP) is 3.17. The van der Waals surface area contributed by atoms with E-state index in [4.69, 9.17) is 0 Å². The molecule has 2 amide bonds. The van der Waals surface area contributed by atoms with Gasteiger partial charge in [-0.2, -0.15) is 0 Å². The van der Waals surface area contributed by atoms with E-state index >= 15 is 0 Å². The van der Waals surface area contributed by atoms with Crippen LogP contribution in [-0.2, 0) is 9.59 Å². The van der Waals surface area contributed by atoms with E-state index in [-0.39, 0.29) is 16.6 Å². The number of halogens is 1. The Morgan fingerprint density at radius 2 is 2.05 bits per heavy atom. The van der Waals surface area contributed by atoms with Crippen LogP contribution < -0.4 is 10.2 Å². The third-order valence-electron chi connectivity index (χ3n) is 3.13. The van der Waals surface area contributed by atoms with Crippen LogP contribution in [0.25, 0.3) is 0 Å². The summed E-state index contributed by atoms with van der Waals surface area (Å²) in [5, 5.41) is 2.86. The maximum Gasteiger partial charge on any atom is 0.228 e. The molecule has 4 nitrogen and oxygen atoms in total. The molecule has 1 atom stereocenters. The smallest absolute Gasteiger partial charge is 0.228 e. The zero-order chi connectivity index (χ0) is 14.7. The quantitative estimate of drug-likeness (QED) is 0.857. The molecule has 5 heteroatoms. The number of hydrogen-bond acceptors (Lipinski definition) is 2. The number of carbonyl (C=O) groups is 2. The van der Waals surface area contributed by atoms with Crippen molar-refractivity contribution in [2.45, 2.75) is 31.5 Å². The first-order valence-corrected chi connectivity index (χ1v) is 7.71. The van der Waals surface area contributed by atoms with Crippen LogP contribution in [0.2, 0.25) is 0 Å². The SMILES string of the molecule is CC(C)CC(=O)Nc1ccc(N2CC(Br)CC2=O)cc1. The summed E-state index contributed by atoms with van der Waals surface area (Å²) in [4.78, 5) is 25.5. The molecule has 1 saturated heterocycles. The van der Waals surface area contributed by atoms with Gasteiger partial charge in [0.15, 0.2) is 0 Å². The van der Waals surface area contributed by atoms with E-state index in [0.29, 0.717) is 25.3 Å². The number of nitrogens with one attached hydrogen (secondary N) is 1. The number of amides is 2. The van der Waals surface area contributed by atoms with Crippen molar-refractivity contribution in [1.82, 2.24) is 0 Å². The first kappa shape index (κ1) is 15.0. The summed E-state index contributed by atoms with van der Waals surface area (Å²) in [5.41, 5.74) is 1.64. The van der Waals surface area contributed by atoms with Gasteiger partial charge in [0, 0.05) is 35.6 Å². The highest BCUT2D eigenvalue weighted by Crippen LogP contribution is 2.26. The molecular formula is C15H19BrN2O2. The molecule has 0 radical (unpaired) electrons. The molecule has 0 aromatic heterocycles. The fraction of sp³-hybridized carbons (Fsp3) is 0.467. The van der Waals surface area contributed by atoms with Gasteiger partial charge in [-0.1, -0.05) is 29.8 Å². The number of alkyl halides is 1. The molecule has 0 bridgehead atoms. The number of carbonyl (C=O) groups excluding carboxylic acids is 2. The highest BCUT2D eigenvalue weighted by atomic mass is 79.9. The van der Waals surface area contributed by atoms with Crippen molar-refractivity contribution in [3.8, 4) is 0 Å².